The van der Waals surface area contributed by atoms with E-state index in [2.05, 4.69) is 23.0 Å². The number of rotatable bonds is 5. The number of aliphatic hydroxyl groups is 1. The standard InChI is InChI=1S/C17H29N3O/c1-3-14-12-15(19(2)18-14)13-16(21)17(8-4-5-9-17)20-10-6-7-11-20/h12,16,21H,3-11,13H2,1-2H3. The van der Waals surface area contributed by atoms with E-state index in [-0.39, 0.29) is 11.6 Å². The fraction of sp³-hybridized carbons (Fsp3) is 0.824. The largest absolute Gasteiger partial charge is 0.391 e. The highest BCUT2D eigenvalue weighted by Crippen LogP contribution is 2.41. The summed E-state index contributed by atoms with van der Waals surface area (Å²) < 4.78 is 1.95. The van der Waals surface area contributed by atoms with Crippen molar-refractivity contribution >= 4 is 0 Å². The van der Waals surface area contributed by atoms with Crippen molar-refractivity contribution in [1.29, 1.82) is 0 Å². The molecule has 1 N–H and O–H groups in total. The van der Waals surface area contributed by atoms with Gasteiger partial charge < -0.3 is 5.11 Å². The molecular formula is C17H29N3O. The lowest BCUT2D eigenvalue weighted by Crippen LogP contribution is -2.54. The Labute approximate surface area is 128 Å². The lowest BCUT2D eigenvalue weighted by molar-refractivity contribution is -0.0180. The lowest BCUT2D eigenvalue weighted by Gasteiger charge is -2.42. The molecule has 0 amide bonds. The predicted octanol–water partition coefficient (Wildman–Crippen LogP) is 2.29. The molecule has 3 rings (SSSR count). The van der Waals surface area contributed by atoms with Crippen LogP contribution in [0.2, 0.25) is 0 Å². The van der Waals surface area contributed by atoms with Crippen LogP contribution in [-0.2, 0) is 19.9 Å². The summed E-state index contributed by atoms with van der Waals surface area (Å²) >= 11 is 0. The van der Waals surface area contributed by atoms with Crippen LogP contribution >= 0.6 is 0 Å². The zero-order chi connectivity index (χ0) is 14.9. The number of aliphatic hydroxyl groups excluding tert-OH is 1. The van der Waals surface area contributed by atoms with Crippen LogP contribution in [0, 0.1) is 0 Å². The van der Waals surface area contributed by atoms with E-state index < -0.39 is 0 Å². The summed E-state index contributed by atoms with van der Waals surface area (Å²) in [5.74, 6) is 0. The molecule has 1 atom stereocenters. The molecule has 21 heavy (non-hydrogen) atoms. The van der Waals surface area contributed by atoms with Crippen molar-refractivity contribution < 1.29 is 5.11 Å². The topological polar surface area (TPSA) is 41.3 Å². The first kappa shape index (κ1) is 15.0. The molecule has 1 aliphatic carbocycles. The molecule has 0 radical (unpaired) electrons. The molecule has 1 aliphatic heterocycles. The van der Waals surface area contributed by atoms with E-state index >= 15 is 0 Å². The Morgan fingerprint density at radius 3 is 2.48 bits per heavy atom. The Bertz CT molecular complexity index is 470. The Balaban J connectivity index is 1.77. The number of aromatic nitrogens is 2. The van der Waals surface area contributed by atoms with Crippen molar-refractivity contribution in [1.82, 2.24) is 14.7 Å². The van der Waals surface area contributed by atoms with Crippen molar-refractivity contribution in [3.63, 3.8) is 0 Å². The molecule has 4 nitrogen and oxygen atoms in total. The molecule has 118 valence electrons. The second kappa shape index (κ2) is 6.09. The maximum Gasteiger partial charge on any atom is 0.0779 e. The van der Waals surface area contributed by atoms with Crippen LogP contribution in [0.15, 0.2) is 6.07 Å². The van der Waals surface area contributed by atoms with Crippen molar-refractivity contribution in [2.75, 3.05) is 13.1 Å². The van der Waals surface area contributed by atoms with E-state index in [4.69, 9.17) is 0 Å². The Kier molecular flexibility index (Phi) is 4.36. The van der Waals surface area contributed by atoms with Gasteiger partial charge in [-0.15, -0.1) is 0 Å². The molecule has 0 bridgehead atoms. The van der Waals surface area contributed by atoms with Gasteiger partial charge in [0.15, 0.2) is 0 Å². The Morgan fingerprint density at radius 1 is 1.24 bits per heavy atom. The summed E-state index contributed by atoms with van der Waals surface area (Å²) in [6, 6.07) is 2.16. The summed E-state index contributed by atoms with van der Waals surface area (Å²) in [5, 5.41) is 15.6. The molecule has 0 spiro atoms. The fourth-order valence-corrected chi connectivity index (χ4v) is 4.33. The van der Waals surface area contributed by atoms with E-state index in [9.17, 15) is 5.11 Å². The second-order valence-corrected chi connectivity index (χ2v) is 6.83. The van der Waals surface area contributed by atoms with Gasteiger partial charge in [-0.05, 0) is 51.3 Å². The number of aryl methyl sites for hydroxylation is 2. The highest BCUT2D eigenvalue weighted by molar-refractivity contribution is 5.14. The SMILES string of the molecule is CCc1cc(CC(O)C2(N3CCCC3)CCCC2)n(C)n1. The van der Waals surface area contributed by atoms with E-state index in [0.717, 1.165) is 31.4 Å². The summed E-state index contributed by atoms with van der Waals surface area (Å²) in [5.41, 5.74) is 2.33. The molecule has 1 saturated carbocycles. The van der Waals surface area contributed by atoms with E-state index in [1.807, 2.05) is 11.7 Å². The third-order valence-electron chi connectivity index (χ3n) is 5.62. The summed E-state index contributed by atoms with van der Waals surface area (Å²) in [6.07, 6.45) is 8.86. The predicted molar refractivity (Wildman–Crippen MR) is 84.3 cm³/mol. The van der Waals surface area contributed by atoms with Crippen molar-refractivity contribution in [2.45, 2.75) is 69.9 Å². The van der Waals surface area contributed by atoms with Gasteiger partial charge in [-0.3, -0.25) is 9.58 Å². The van der Waals surface area contributed by atoms with Crippen LogP contribution in [0.1, 0.15) is 56.8 Å². The minimum atomic E-state index is -0.266. The van der Waals surface area contributed by atoms with Gasteiger partial charge >= 0.3 is 0 Å². The Morgan fingerprint density at radius 2 is 1.90 bits per heavy atom. The summed E-state index contributed by atoms with van der Waals surface area (Å²) in [7, 11) is 2.00. The molecule has 2 heterocycles. The maximum absolute atomic E-state index is 11.0. The minimum Gasteiger partial charge on any atom is -0.391 e. The number of hydrogen-bond donors (Lipinski definition) is 1. The van der Waals surface area contributed by atoms with Crippen molar-refractivity contribution in [2.24, 2.45) is 7.05 Å². The molecule has 2 aliphatic rings. The normalized spacial score (nSPS) is 23.8. The number of hydrogen-bond acceptors (Lipinski definition) is 3. The first-order valence-electron chi connectivity index (χ1n) is 8.60. The van der Waals surface area contributed by atoms with Gasteiger partial charge in [0.2, 0.25) is 0 Å². The summed E-state index contributed by atoms with van der Waals surface area (Å²) in [6.45, 7) is 4.47. The van der Waals surface area contributed by atoms with E-state index in [1.165, 1.54) is 44.5 Å². The van der Waals surface area contributed by atoms with Crippen LogP contribution in [0.5, 0.6) is 0 Å². The molecule has 4 heteroatoms. The third-order valence-corrected chi connectivity index (χ3v) is 5.62. The second-order valence-electron chi connectivity index (χ2n) is 6.83. The molecule has 2 fully saturated rings. The van der Waals surface area contributed by atoms with Gasteiger partial charge in [0.25, 0.3) is 0 Å². The quantitative estimate of drug-likeness (QED) is 0.905. The molecule has 1 saturated heterocycles. The fourth-order valence-electron chi connectivity index (χ4n) is 4.33. The van der Waals surface area contributed by atoms with Gasteiger partial charge in [0, 0.05) is 24.7 Å². The van der Waals surface area contributed by atoms with Crippen LogP contribution in [0.25, 0.3) is 0 Å². The maximum atomic E-state index is 11.0. The number of likely N-dealkylation sites (tertiary alicyclic amines) is 1. The number of nitrogens with zero attached hydrogens (tertiary/aromatic N) is 3. The van der Waals surface area contributed by atoms with Gasteiger partial charge in [-0.25, -0.2) is 0 Å². The van der Waals surface area contributed by atoms with Crippen LogP contribution < -0.4 is 0 Å². The molecule has 1 aromatic heterocycles. The Hall–Kier alpha value is -0.870. The summed E-state index contributed by atoms with van der Waals surface area (Å²) in [4.78, 5) is 2.59. The average Bonchev–Trinajstić information content (AvgIpc) is 3.19. The van der Waals surface area contributed by atoms with Crippen LogP contribution in [0.4, 0.5) is 0 Å². The smallest absolute Gasteiger partial charge is 0.0779 e. The zero-order valence-electron chi connectivity index (χ0n) is 13.5. The first-order chi connectivity index (χ1) is 10.2. The third kappa shape index (κ3) is 2.76. The monoisotopic (exact) mass is 291 g/mol. The molecular weight excluding hydrogens is 262 g/mol. The van der Waals surface area contributed by atoms with Gasteiger partial charge in [0.05, 0.1) is 11.8 Å². The highest BCUT2D eigenvalue weighted by Gasteiger charge is 2.46. The van der Waals surface area contributed by atoms with Gasteiger partial charge in [0.1, 0.15) is 0 Å². The zero-order valence-corrected chi connectivity index (χ0v) is 13.5. The van der Waals surface area contributed by atoms with Gasteiger partial charge in [-0.1, -0.05) is 19.8 Å². The van der Waals surface area contributed by atoms with E-state index in [0.29, 0.717) is 0 Å². The minimum absolute atomic E-state index is 0.0349. The molecule has 1 aromatic rings. The van der Waals surface area contributed by atoms with Crippen molar-refractivity contribution in [3.8, 4) is 0 Å². The lowest BCUT2D eigenvalue weighted by atomic mass is 9.85. The van der Waals surface area contributed by atoms with Crippen LogP contribution in [0.3, 0.4) is 0 Å². The highest BCUT2D eigenvalue weighted by atomic mass is 16.3. The van der Waals surface area contributed by atoms with Crippen molar-refractivity contribution in [3.05, 3.63) is 17.5 Å². The van der Waals surface area contributed by atoms with Gasteiger partial charge in [-0.2, -0.15) is 5.10 Å². The average molecular weight is 291 g/mol. The first-order valence-corrected chi connectivity index (χ1v) is 8.60. The molecule has 0 aromatic carbocycles. The van der Waals surface area contributed by atoms with Crippen LogP contribution in [-0.4, -0.2) is 44.5 Å². The van der Waals surface area contributed by atoms with E-state index in [1.54, 1.807) is 0 Å². The molecule has 1 unspecified atom stereocenters.